The zero-order chi connectivity index (χ0) is 29.9. The number of hydrogen-bond donors (Lipinski definition) is 1. The van der Waals surface area contributed by atoms with Crippen LogP contribution in [0.5, 0.6) is 5.75 Å². The fourth-order valence-electron chi connectivity index (χ4n) is 6.90. The van der Waals surface area contributed by atoms with Crippen molar-refractivity contribution in [1.82, 2.24) is 15.2 Å². The average molecular weight is 652 g/mol. The van der Waals surface area contributed by atoms with Crippen LogP contribution in [0.15, 0.2) is 45.3 Å². The summed E-state index contributed by atoms with van der Waals surface area (Å²) in [6.45, 7) is 9.44. The van der Waals surface area contributed by atoms with Gasteiger partial charge in [0.1, 0.15) is 11.3 Å². The number of imide groups is 1. The maximum Gasteiger partial charge on any atom is 0.298 e. The number of piperidine rings is 1. The van der Waals surface area contributed by atoms with Crippen molar-refractivity contribution in [2.45, 2.75) is 77.2 Å². The zero-order valence-corrected chi connectivity index (χ0v) is 26.9. The number of amides is 2. The third-order valence-corrected chi connectivity index (χ3v) is 10.5. The van der Waals surface area contributed by atoms with Crippen LogP contribution in [0.2, 0.25) is 0 Å². The highest BCUT2D eigenvalue weighted by molar-refractivity contribution is 9.10. The van der Waals surface area contributed by atoms with Crippen LogP contribution in [0.1, 0.15) is 75.3 Å². The number of aromatic nitrogens is 1. The van der Waals surface area contributed by atoms with Gasteiger partial charge < -0.3 is 14.1 Å². The summed E-state index contributed by atoms with van der Waals surface area (Å²) in [4.78, 5) is 33.4. The van der Waals surface area contributed by atoms with Crippen LogP contribution in [0.3, 0.4) is 0 Å². The quantitative estimate of drug-likeness (QED) is 0.261. The summed E-state index contributed by atoms with van der Waals surface area (Å²) < 4.78 is 13.6. The summed E-state index contributed by atoms with van der Waals surface area (Å²) in [5, 5.41) is 2.45. The Bertz CT molecular complexity index is 1440. The Hall–Kier alpha value is -2.91. The first-order valence-electron chi connectivity index (χ1n) is 16.0. The molecule has 3 fully saturated rings. The highest BCUT2D eigenvalue weighted by Crippen LogP contribution is 2.34. The lowest BCUT2D eigenvalue weighted by molar-refractivity contribution is -0.134. The maximum absolute atomic E-state index is 12.3. The van der Waals surface area contributed by atoms with E-state index in [0.717, 1.165) is 78.4 Å². The molecule has 9 heteroatoms. The van der Waals surface area contributed by atoms with E-state index < -0.39 is 0 Å². The molecule has 3 aliphatic rings. The molecule has 1 N–H and O–H groups in total. The van der Waals surface area contributed by atoms with Crippen LogP contribution in [0.25, 0.3) is 11.1 Å². The first-order valence-corrected chi connectivity index (χ1v) is 16.7. The fourth-order valence-corrected chi connectivity index (χ4v) is 7.25. The van der Waals surface area contributed by atoms with Crippen molar-refractivity contribution in [3.63, 3.8) is 0 Å². The second-order valence-electron chi connectivity index (χ2n) is 12.8. The first kappa shape index (κ1) is 30.1. The number of anilines is 1. The molecular formula is C34H43BrN4O4. The lowest BCUT2D eigenvalue weighted by Crippen LogP contribution is -2.47. The molecule has 0 spiro atoms. The van der Waals surface area contributed by atoms with E-state index in [4.69, 9.17) is 14.1 Å². The van der Waals surface area contributed by atoms with Crippen molar-refractivity contribution in [3.05, 3.63) is 52.0 Å². The largest absolute Gasteiger partial charge is 0.490 e. The van der Waals surface area contributed by atoms with Gasteiger partial charge in [-0.2, -0.15) is 4.98 Å². The normalized spacial score (nSPS) is 24.3. The number of carbonyl (C=O) groups excluding carboxylic acids is 2. The van der Waals surface area contributed by atoms with E-state index in [1.54, 1.807) is 0 Å². The molecule has 2 aliphatic heterocycles. The van der Waals surface area contributed by atoms with Crippen LogP contribution < -0.4 is 15.0 Å². The van der Waals surface area contributed by atoms with E-state index in [0.29, 0.717) is 30.9 Å². The van der Waals surface area contributed by atoms with Gasteiger partial charge in [-0.1, -0.05) is 41.4 Å². The molecule has 1 aliphatic carbocycles. The summed E-state index contributed by atoms with van der Waals surface area (Å²) in [5.74, 6) is 1.77. The first-order chi connectivity index (χ1) is 20.8. The Morgan fingerprint density at radius 3 is 2.63 bits per heavy atom. The molecule has 1 saturated carbocycles. The summed E-state index contributed by atoms with van der Waals surface area (Å²) >= 11 is 3.62. The van der Waals surface area contributed by atoms with Crippen molar-refractivity contribution in [2.24, 2.45) is 11.8 Å². The van der Waals surface area contributed by atoms with E-state index in [1.807, 2.05) is 18.2 Å². The molecule has 6 rings (SSSR count). The predicted octanol–water partition coefficient (Wildman–Crippen LogP) is 6.60. The van der Waals surface area contributed by atoms with Crippen LogP contribution in [0.4, 0.5) is 6.01 Å². The third-order valence-electron chi connectivity index (χ3n) is 9.63. The minimum Gasteiger partial charge on any atom is -0.490 e. The number of nitrogens with zero attached hydrogens (tertiary/aromatic N) is 3. The van der Waals surface area contributed by atoms with Crippen molar-refractivity contribution in [2.75, 3.05) is 37.6 Å². The molecule has 2 amide bonds. The number of hydrogen-bond acceptors (Lipinski definition) is 7. The molecule has 1 unspecified atom stereocenters. The standard InChI is InChI=1S/C34H43BrN4O4/c1-22(6-7-24-8-11-26(12-9-24)42-30-5-3-4-28(35)23(30)2)21-38-16-18-39(19-17-38)34-36-29-20-25(10-14-31(29)43-34)27-13-15-32(40)37-33(27)41/h3-5,10,14,20,22,24,26-27H,6-9,11-13,15-19,21H2,1-2H3,(H,37,40,41)/t22-,24?,26?,27?/m0/s1. The van der Waals surface area contributed by atoms with Crippen molar-refractivity contribution in [1.29, 1.82) is 0 Å². The molecule has 3 heterocycles. The van der Waals surface area contributed by atoms with Crippen LogP contribution in [-0.2, 0) is 9.59 Å². The summed E-state index contributed by atoms with van der Waals surface area (Å²) in [5.41, 5.74) is 3.56. The number of fused-ring (bicyclic) bond motifs is 1. The van der Waals surface area contributed by atoms with Gasteiger partial charge in [0.2, 0.25) is 11.8 Å². The number of rotatable bonds is 9. The van der Waals surface area contributed by atoms with Crippen molar-refractivity contribution < 1.29 is 18.7 Å². The second kappa shape index (κ2) is 13.4. The van der Waals surface area contributed by atoms with E-state index in [-0.39, 0.29) is 17.7 Å². The number of benzene rings is 2. The maximum atomic E-state index is 12.3. The number of halogens is 1. The SMILES string of the molecule is Cc1c(Br)cccc1OC1CCC(CC[C@H](C)CN2CCN(c3nc4cc(C5CCC(=O)NC5=O)ccc4o3)CC2)CC1. The van der Waals surface area contributed by atoms with Gasteiger partial charge in [0.05, 0.1) is 12.0 Å². The van der Waals surface area contributed by atoms with Gasteiger partial charge in [0.15, 0.2) is 5.58 Å². The molecule has 2 saturated heterocycles. The van der Waals surface area contributed by atoms with Gasteiger partial charge in [-0.15, -0.1) is 0 Å². The number of carbonyl (C=O) groups is 2. The number of ether oxygens (including phenoxy) is 1. The molecule has 8 nitrogen and oxygen atoms in total. The Morgan fingerprint density at radius 2 is 1.86 bits per heavy atom. The minimum atomic E-state index is -0.316. The van der Waals surface area contributed by atoms with Crippen molar-refractivity contribution in [3.8, 4) is 5.75 Å². The van der Waals surface area contributed by atoms with Gasteiger partial charge in [0.25, 0.3) is 6.01 Å². The minimum absolute atomic E-state index is 0.198. The Kier molecular flexibility index (Phi) is 9.38. The Labute approximate surface area is 262 Å². The second-order valence-corrected chi connectivity index (χ2v) is 13.7. The fraction of sp³-hybridized carbons (Fsp3) is 0.559. The average Bonchev–Trinajstić information content (AvgIpc) is 3.43. The highest BCUT2D eigenvalue weighted by atomic mass is 79.9. The lowest BCUT2D eigenvalue weighted by Gasteiger charge is -2.35. The molecule has 230 valence electrons. The monoisotopic (exact) mass is 650 g/mol. The lowest BCUT2D eigenvalue weighted by atomic mass is 9.83. The van der Waals surface area contributed by atoms with Gasteiger partial charge in [0, 0.05) is 49.2 Å². The van der Waals surface area contributed by atoms with Gasteiger partial charge in [-0.25, -0.2) is 0 Å². The van der Waals surface area contributed by atoms with E-state index in [2.05, 4.69) is 63.1 Å². The summed E-state index contributed by atoms with van der Waals surface area (Å²) in [6, 6.07) is 12.6. The molecule has 43 heavy (non-hydrogen) atoms. The van der Waals surface area contributed by atoms with Gasteiger partial charge in [-0.05, 0) is 87.1 Å². The van der Waals surface area contributed by atoms with Crippen LogP contribution in [0, 0.1) is 18.8 Å². The summed E-state index contributed by atoms with van der Waals surface area (Å²) in [7, 11) is 0. The number of oxazole rings is 1. The Morgan fingerprint density at radius 1 is 1.07 bits per heavy atom. The smallest absolute Gasteiger partial charge is 0.298 e. The highest BCUT2D eigenvalue weighted by Gasteiger charge is 2.29. The van der Waals surface area contributed by atoms with E-state index >= 15 is 0 Å². The third kappa shape index (κ3) is 7.26. The van der Waals surface area contributed by atoms with Crippen LogP contribution >= 0.6 is 15.9 Å². The Balaban J connectivity index is 0.922. The number of nitrogens with one attached hydrogen (secondary N) is 1. The molecule has 3 aromatic rings. The molecule has 0 radical (unpaired) electrons. The molecular weight excluding hydrogens is 608 g/mol. The predicted molar refractivity (Wildman–Crippen MR) is 171 cm³/mol. The molecule has 2 aromatic carbocycles. The summed E-state index contributed by atoms with van der Waals surface area (Å²) in [6.07, 6.45) is 8.67. The van der Waals surface area contributed by atoms with Gasteiger partial charge >= 0.3 is 0 Å². The molecule has 2 atom stereocenters. The number of piperazine rings is 1. The topological polar surface area (TPSA) is 87.9 Å². The van der Waals surface area contributed by atoms with E-state index in [1.165, 1.54) is 31.2 Å². The van der Waals surface area contributed by atoms with Crippen LogP contribution in [-0.4, -0.2) is 60.5 Å². The molecule has 1 aromatic heterocycles. The molecule has 0 bridgehead atoms. The van der Waals surface area contributed by atoms with Crippen molar-refractivity contribution >= 4 is 44.9 Å². The van der Waals surface area contributed by atoms with E-state index in [9.17, 15) is 9.59 Å². The zero-order valence-electron chi connectivity index (χ0n) is 25.3. The van der Waals surface area contributed by atoms with Gasteiger partial charge in [-0.3, -0.25) is 19.8 Å².